The van der Waals surface area contributed by atoms with Crippen LogP contribution >= 0.6 is 0 Å². The Balaban J connectivity index is 1.88. The first-order valence-corrected chi connectivity index (χ1v) is 9.29. The number of carboxylic acid groups (broad SMARTS) is 1. The number of halogens is 1. The molecular weight excluding hydrogens is 385 g/mol. The van der Waals surface area contributed by atoms with Gasteiger partial charge in [0.1, 0.15) is 5.82 Å². The van der Waals surface area contributed by atoms with Crippen molar-refractivity contribution >= 4 is 23.1 Å². The zero-order chi connectivity index (χ0) is 21.4. The zero-order valence-corrected chi connectivity index (χ0v) is 16.0. The Morgan fingerprint density at radius 3 is 2.10 bits per heavy atom. The molecule has 0 saturated carbocycles. The largest absolute Gasteiger partial charge is 0.503 e. The van der Waals surface area contributed by atoms with Crippen LogP contribution in [-0.4, -0.2) is 22.1 Å². The number of hydrogen-bond acceptors (Lipinski definition) is 3. The molecule has 1 atom stereocenters. The van der Waals surface area contributed by atoms with Gasteiger partial charge < -0.3 is 10.2 Å². The molecule has 2 N–H and O–H groups in total. The summed E-state index contributed by atoms with van der Waals surface area (Å²) >= 11 is 0. The van der Waals surface area contributed by atoms with Gasteiger partial charge in [-0.2, -0.15) is 0 Å². The topological polar surface area (TPSA) is 77.8 Å². The minimum atomic E-state index is -1.06. The molecule has 1 amide bonds. The molecule has 0 spiro atoms. The van der Waals surface area contributed by atoms with Crippen molar-refractivity contribution in [1.82, 2.24) is 0 Å². The normalized spacial score (nSPS) is 16.3. The Morgan fingerprint density at radius 2 is 1.53 bits per heavy atom. The van der Waals surface area contributed by atoms with Crippen LogP contribution in [0.2, 0.25) is 0 Å². The Bertz CT molecular complexity index is 1150. The molecule has 0 bridgehead atoms. The summed E-state index contributed by atoms with van der Waals surface area (Å²) in [5.74, 6) is -2.50. The summed E-state index contributed by atoms with van der Waals surface area (Å²) in [5.41, 5.74) is 3.26. The van der Waals surface area contributed by atoms with Gasteiger partial charge in [-0.1, -0.05) is 42.0 Å². The molecule has 0 aromatic heterocycles. The minimum absolute atomic E-state index is 0.112. The van der Waals surface area contributed by atoms with E-state index in [0.29, 0.717) is 22.4 Å². The van der Waals surface area contributed by atoms with Gasteiger partial charge in [-0.05, 0) is 54.4 Å². The number of hydrogen-bond donors (Lipinski definition) is 2. The maximum Gasteiger partial charge on any atom is 0.335 e. The van der Waals surface area contributed by atoms with Crippen molar-refractivity contribution in [2.24, 2.45) is 0 Å². The number of aliphatic hydroxyl groups excluding tert-OH is 1. The molecule has 3 aromatic carbocycles. The van der Waals surface area contributed by atoms with E-state index in [0.717, 1.165) is 5.56 Å². The molecule has 0 fully saturated rings. The van der Waals surface area contributed by atoms with E-state index in [1.807, 2.05) is 31.2 Å². The third kappa shape index (κ3) is 3.33. The fraction of sp³-hybridized carbons (Fsp3) is 0.0833. The Kier molecular flexibility index (Phi) is 4.83. The van der Waals surface area contributed by atoms with Crippen LogP contribution in [0.15, 0.2) is 78.6 Å². The van der Waals surface area contributed by atoms with Gasteiger partial charge in [-0.3, -0.25) is 9.69 Å². The molecule has 0 aliphatic carbocycles. The zero-order valence-electron chi connectivity index (χ0n) is 16.0. The standard InChI is InChI=1S/C24H18FNO4/c1-14-2-4-15(5-3-14)20-21(16-6-8-17(9-7-16)24(29)30)26(23(28)22(20)27)19-12-10-18(25)11-13-19/h2-13,21,27H,1H3,(H,29,30)/t21-/m0/s1. The van der Waals surface area contributed by atoms with Crippen molar-refractivity contribution in [3.8, 4) is 0 Å². The number of carboxylic acids is 1. The first kappa shape index (κ1) is 19.4. The molecular formula is C24H18FNO4. The van der Waals surface area contributed by atoms with Crippen molar-refractivity contribution < 1.29 is 24.2 Å². The van der Waals surface area contributed by atoms with Crippen molar-refractivity contribution in [1.29, 1.82) is 0 Å². The Morgan fingerprint density at radius 1 is 0.933 bits per heavy atom. The molecule has 6 heteroatoms. The van der Waals surface area contributed by atoms with Gasteiger partial charge >= 0.3 is 5.97 Å². The first-order chi connectivity index (χ1) is 14.4. The van der Waals surface area contributed by atoms with Crippen LogP contribution in [-0.2, 0) is 4.79 Å². The second kappa shape index (κ2) is 7.48. The van der Waals surface area contributed by atoms with E-state index in [2.05, 4.69) is 0 Å². The lowest BCUT2D eigenvalue weighted by atomic mass is 9.92. The van der Waals surface area contributed by atoms with Crippen molar-refractivity contribution in [2.45, 2.75) is 13.0 Å². The van der Waals surface area contributed by atoms with Crippen molar-refractivity contribution in [3.63, 3.8) is 0 Å². The van der Waals surface area contributed by atoms with Crippen LogP contribution in [0.1, 0.15) is 33.1 Å². The highest BCUT2D eigenvalue weighted by Gasteiger charge is 2.42. The number of nitrogens with zero attached hydrogens (tertiary/aromatic N) is 1. The molecule has 30 heavy (non-hydrogen) atoms. The predicted molar refractivity (Wildman–Crippen MR) is 111 cm³/mol. The third-order valence-electron chi connectivity index (χ3n) is 5.15. The maximum atomic E-state index is 13.4. The van der Waals surface area contributed by atoms with E-state index in [1.54, 1.807) is 12.1 Å². The first-order valence-electron chi connectivity index (χ1n) is 9.29. The van der Waals surface area contributed by atoms with Gasteiger partial charge in [0.15, 0.2) is 5.76 Å². The molecule has 1 aliphatic rings. The van der Waals surface area contributed by atoms with Crippen LogP contribution in [0.4, 0.5) is 10.1 Å². The summed E-state index contributed by atoms with van der Waals surface area (Å²) in [6, 6.07) is 18.3. The molecule has 0 radical (unpaired) electrons. The lowest BCUT2D eigenvalue weighted by molar-refractivity contribution is -0.117. The quantitative estimate of drug-likeness (QED) is 0.650. The van der Waals surface area contributed by atoms with E-state index < -0.39 is 29.5 Å². The summed E-state index contributed by atoms with van der Waals surface area (Å²) in [4.78, 5) is 25.6. The highest BCUT2D eigenvalue weighted by atomic mass is 19.1. The minimum Gasteiger partial charge on any atom is -0.503 e. The molecule has 0 unspecified atom stereocenters. The van der Waals surface area contributed by atoms with E-state index in [1.165, 1.54) is 41.3 Å². The lowest BCUT2D eigenvalue weighted by Gasteiger charge is -2.27. The van der Waals surface area contributed by atoms with E-state index >= 15 is 0 Å². The van der Waals surface area contributed by atoms with Crippen LogP contribution < -0.4 is 4.90 Å². The van der Waals surface area contributed by atoms with Crippen LogP contribution in [0.25, 0.3) is 5.57 Å². The molecule has 1 aliphatic heterocycles. The number of rotatable bonds is 4. The average Bonchev–Trinajstić information content (AvgIpc) is 3.00. The van der Waals surface area contributed by atoms with Gasteiger partial charge in [0.25, 0.3) is 5.91 Å². The van der Waals surface area contributed by atoms with E-state index in [4.69, 9.17) is 0 Å². The van der Waals surface area contributed by atoms with Gasteiger partial charge in [-0.25, -0.2) is 9.18 Å². The van der Waals surface area contributed by atoms with E-state index in [9.17, 15) is 24.2 Å². The highest BCUT2D eigenvalue weighted by molar-refractivity contribution is 6.16. The van der Waals surface area contributed by atoms with Crippen LogP contribution in [0.3, 0.4) is 0 Å². The third-order valence-corrected chi connectivity index (χ3v) is 5.15. The number of amides is 1. The lowest BCUT2D eigenvalue weighted by Crippen LogP contribution is -2.30. The average molecular weight is 403 g/mol. The summed E-state index contributed by atoms with van der Waals surface area (Å²) in [5, 5.41) is 19.9. The molecule has 1 heterocycles. The Labute approximate surface area is 172 Å². The molecule has 0 saturated heterocycles. The van der Waals surface area contributed by atoms with Crippen LogP contribution in [0.5, 0.6) is 0 Å². The van der Waals surface area contributed by atoms with Crippen molar-refractivity contribution in [2.75, 3.05) is 4.90 Å². The smallest absolute Gasteiger partial charge is 0.335 e. The number of aryl methyl sites for hydroxylation is 1. The Hall–Kier alpha value is -3.93. The summed E-state index contributed by atoms with van der Waals surface area (Å²) in [7, 11) is 0. The maximum absolute atomic E-state index is 13.4. The number of aliphatic hydroxyl groups is 1. The van der Waals surface area contributed by atoms with Crippen LogP contribution in [0, 0.1) is 12.7 Å². The molecule has 3 aromatic rings. The second-order valence-electron chi connectivity index (χ2n) is 7.11. The fourth-order valence-electron chi connectivity index (χ4n) is 3.62. The summed E-state index contributed by atoms with van der Waals surface area (Å²) in [6.45, 7) is 1.94. The summed E-state index contributed by atoms with van der Waals surface area (Å²) in [6.07, 6.45) is 0. The summed E-state index contributed by atoms with van der Waals surface area (Å²) < 4.78 is 13.4. The van der Waals surface area contributed by atoms with Crippen molar-refractivity contribution in [3.05, 3.63) is 107 Å². The monoisotopic (exact) mass is 403 g/mol. The number of anilines is 1. The number of carbonyl (C=O) groups is 2. The van der Waals surface area contributed by atoms with Gasteiger partial charge in [-0.15, -0.1) is 0 Å². The molecule has 5 nitrogen and oxygen atoms in total. The molecule has 150 valence electrons. The van der Waals surface area contributed by atoms with E-state index in [-0.39, 0.29) is 5.56 Å². The second-order valence-corrected chi connectivity index (χ2v) is 7.11. The van der Waals surface area contributed by atoms with Gasteiger partial charge in [0.2, 0.25) is 0 Å². The number of benzene rings is 3. The highest BCUT2D eigenvalue weighted by Crippen LogP contribution is 2.45. The SMILES string of the molecule is Cc1ccc(C2=C(O)C(=O)N(c3ccc(F)cc3)[C@H]2c2ccc(C(=O)O)cc2)cc1. The van der Waals surface area contributed by atoms with Gasteiger partial charge in [0, 0.05) is 11.3 Å². The molecule has 4 rings (SSSR count). The fourth-order valence-corrected chi connectivity index (χ4v) is 3.62. The predicted octanol–water partition coefficient (Wildman–Crippen LogP) is 4.89. The number of aromatic carboxylic acids is 1. The number of carbonyl (C=O) groups excluding carboxylic acids is 1. The van der Waals surface area contributed by atoms with Gasteiger partial charge in [0.05, 0.1) is 11.6 Å².